The molecule has 0 fully saturated rings. The zero-order chi connectivity index (χ0) is 18.3. The van der Waals surface area contributed by atoms with Crippen molar-refractivity contribution >= 4 is 29.3 Å². The van der Waals surface area contributed by atoms with Crippen molar-refractivity contribution in [3.63, 3.8) is 0 Å². The minimum Gasteiger partial charge on any atom is -0.478 e. The highest BCUT2D eigenvalue weighted by molar-refractivity contribution is 6.31. The van der Waals surface area contributed by atoms with Gasteiger partial charge in [0.05, 0.1) is 23.8 Å². The third kappa shape index (κ3) is 2.93. The standard InChI is InChI=1S/C18H16ClFN2O3/c1-10-12-7-6-11(17(23)24)8-16(12)22(18(25)21(10)2)9-13-14(19)4-3-5-15(13)20/h3-8,10H,9H2,1-2H3,(H,23,24)/t10-/m0/s1. The molecule has 2 amide bonds. The van der Waals surface area contributed by atoms with E-state index in [1.807, 2.05) is 6.92 Å². The van der Waals surface area contributed by atoms with Gasteiger partial charge in [0.1, 0.15) is 5.82 Å². The van der Waals surface area contributed by atoms with Crippen molar-refractivity contribution in [2.45, 2.75) is 19.5 Å². The van der Waals surface area contributed by atoms with E-state index in [0.717, 1.165) is 5.56 Å². The van der Waals surface area contributed by atoms with E-state index in [4.69, 9.17) is 11.6 Å². The summed E-state index contributed by atoms with van der Waals surface area (Å²) in [6, 6.07) is 8.36. The van der Waals surface area contributed by atoms with Crippen LogP contribution in [0, 0.1) is 5.82 Å². The number of hydrogen-bond donors (Lipinski definition) is 1. The molecule has 1 heterocycles. The number of carbonyl (C=O) groups excluding carboxylic acids is 1. The molecule has 0 aliphatic carbocycles. The predicted octanol–water partition coefficient (Wildman–Crippen LogP) is 4.31. The second-order valence-corrected chi connectivity index (χ2v) is 6.34. The van der Waals surface area contributed by atoms with Crippen molar-refractivity contribution < 1.29 is 19.1 Å². The number of rotatable bonds is 3. The van der Waals surface area contributed by atoms with Crippen molar-refractivity contribution in [1.82, 2.24) is 4.90 Å². The van der Waals surface area contributed by atoms with E-state index in [1.54, 1.807) is 19.2 Å². The maximum Gasteiger partial charge on any atom is 0.335 e. The molecule has 3 rings (SSSR count). The highest BCUT2D eigenvalue weighted by atomic mass is 35.5. The van der Waals surface area contributed by atoms with Gasteiger partial charge in [0.2, 0.25) is 0 Å². The molecule has 0 saturated carbocycles. The van der Waals surface area contributed by atoms with E-state index >= 15 is 0 Å². The number of benzene rings is 2. The summed E-state index contributed by atoms with van der Waals surface area (Å²) in [7, 11) is 1.65. The van der Waals surface area contributed by atoms with Gasteiger partial charge >= 0.3 is 12.0 Å². The van der Waals surface area contributed by atoms with Gasteiger partial charge in [-0.15, -0.1) is 0 Å². The van der Waals surface area contributed by atoms with Crippen LogP contribution < -0.4 is 4.90 Å². The van der Waals surface area contributed by atoms with E-state index in [0.29, 0.717) is 5.69 Å². The summed E-state index contributed by atoms with van der Waals surface area (Å²) in [6.07, 6.45) is 0. The molecule has 1 aliphatic heterocycles. The lowest BCUT2D eigenvalue weighted by Gasteiger charge is -2.39. The minimum absolute atomic E-state index is 0.0629. The number of nitrogens with zero attached hydrogens (tertiary/aromatic N) is 2. The molecule has 0 saturated heterocycles. The normalized spacial score (nSPS) is 16.8. The molecule has 1 aliphatic rings. The molecule has 7 heteroatoms. The van der Waals surface area contributed by atoms with Crippen LogP contribution in [-0.4, -0.2) is 29.1 Å². The Kier molecular flexibility index (Phi) is 4.39. The zero-order valence-corrected chi connectivity index (χ0v) is 14.4. The topological polar surface area (TPSA) is 60.9 Å². The summed E-state index contributed by atoms with van der Waals surface area (Å²) in [5.41, 5.74) is 1.49. The van der Waals surface area contributed by atoms with Crippen LogP contribution in [0.15, 0.2) is 36.4 Å². The maximum atomic E-state index is 14.2. The fraction of sp³-hybridized carbons (Fsp3) is 0.222. The number of aromatic carboxylic acids is 1. The Morgan fingerprint density at radius 3 is 2.68 bits per heavy atom. The van der Waals surface area contributed by atoms with Crippen molar-refractivity contribution in [3.05, 3.63) is 63.9 Å². The van der Waals surface area contributed by atoms with Crippen LogP contribution in [0.3, 0.4) is 0 Å². The molecule has 0 bridgehead atoms. The number of amides is 2. The lowest BCUT2D eigenvalue weighted by atomic mass is 9.98. The average molecular weight is 363 g/mol. The van der Waals surface area contributed by atoms with E-state index < -0.39 is 11.8 Å². The lowest BCUT2D eigenvalue weighted by Crippen LogP contribution is -2.46. The maximum absolute atomic E-state index is 14.2. The van der Waals surface area contributed by atoms with E-state index in [-0.39, 0.29) is 34.8 Å². The molecule has 1 N–H and O–H groups in total. The number of halogens is 2. The van der Waals surface area contributed by atoms with Crippen LogP contribution in [-0.2, 0) is 6.54 Å². The van der Waals surface area contributed by atoms with Gasteiger partial charge in [-0.25, -0.2) is 14.0 Å². The highest BCUT2D eigenvalue weighted by Crippen LogP contribution is 2.38. The number of urea groups is 1. The predicted molar refractivity (Wildman–Crippen MR) is 92.6 cm³/mol. The van der Waals surface area contributed by atoms with E-state index in [2.05, 4.69) is 0 Å². The number of fused-ring (bicyclic) bond motifs is 1. The summed E-state index contributed by atoms with van der Waals surface area (Å²) in [5.74, 6) is -1.61. The van der Waals surface area contributed by atoms with Gasteiger partial charge in [-0.05, 0) is 36.8 Å². The van der Waals surface area contributed by atoms with Gasteiger partial charge in [-0.1, -0.05) is 23.7 Å². The lowest BCUT2D eigenvalue weighted by molar-refractivity contribution is 0.0696. The first-order valence-corrected chi connectivity index (χ1v) is 8.03. The molecule has 0 unspecified atom stereocenters. The van der Waals surface area contributed by atoms with Crippen LogP contribution in [0.25, 0.3) is 0 Å². The second kappa shape index (κ2) is 6.37. The fourth-order valence-electron chi connectivity index (χ4n) is 2.93. The van der Waals surface area contributed by atoms with Crippen LogP contribution in [0.4, 0.5) is 14.9 Å². The quantitative estimate of drug-likeness (QED) is 0.885. The first-order chi connectivity index (χ1) is 11.8. The fourth-order valence-corrected chi connectivity index (χ4v) is 3.15. The number of anilines is 1. The molecular weight excluding hydrogens is 347 g/mol. The minimum atomic E-state index is -1.09. The van der Waals surface area contributed by atoms with Crippen LogP contribution >= 0.6 is 11.6 Å². The summed E-state index contributed by atoms with van der Waals surface area (Å²) < 4.78 is 14.2. The van der Waals surface area contributed by atoms with Gasteiger partial charge in [0.15, 0.2) is 0 Å². The summed E-state index contributed by atoms with van der Waals surface area (Å²) >= 11 is 6.08. The van der Waals surface area contributed by atoms with Gasteiger partial charge in [0, 0.05) is 17.6 Å². The Balaban J connectivity index is 2.12. The first-order valence-electron chi connectivity index (χ1n) is 7.65. The largest absolute Gasteiger partial charge is 0.478 e. The molecule has 2 aromatic rings. The van der Waals surface area contributed by atoms with E-state index in [1.165, 1.54) is 34.1 Å². The molecule has 0 spiro atoms. The molecule has 1 atom stereocenters. The second-order valence-electron chi connectivity index (χ2n) is 5.93. The molecule has 5 nitrogen and oxygen atoms in total. The molecule has 130 valence electrons. The molecule has 2 aromatic carbocycles. The third-order valence-corrected chi connectivity index (χ3v) is 4.86. The summed E-state index contributed by atoms with van der Waals surface area (Å²) in [5, 5.41) is 9.45. The molecule has 0 aromatic heterocycles. The average Bonchev–Trinajstić information content (AvgIpc) is 2.58. The van der Waals surface area contributed by atoms with Crippen LogP contribution in [0.5, 0.6) is 0 Å². The van der Waals surface area contributed by atoms with Gasteiger partial charge in [-0.3, -0.25) is 4.90 Å². The van der Waals surface area contributed by atoms with Crippen molar-refractivity contribution in [3.8, 4) is 0 Å². The molecule has 25 heavy (non-hydrogen) atoms. The number of hydrogen-bond acceptors (Lipinski definition) is 2. The Labute approximate surface area is 149 Å². The van der Waals surface area contributed by atoms with Gasteiger partial charge in [-0.2, -0.15) is 0 Å². The highest BCUT2D eigenvalue weighted by Gasteiger charge is 2.34. The Morgan fingerprint density at radius 2 is 2.04 bits per heavy atom. The Bertz CT molecular complexity index is 851. The molecule has 0 radical (unpaired) electrons. The van der Waals surface area contributed by atoms with Crippen LogP contribution in [0.1, 0.15) is 34.5 Å². The van der Waals surface area contributed by atoms with Gasteiger partial charge < -0.3 is 10.0 Å². The summed E-state index contributed by atoms with van der Waals surface area (Å²) in [6.45, 7) is 1.77. The first kappa shape index (κ1) is 17.2. The summed E-state index contributed by atoms with van der Waals surface area (Å²) in [4.78, 5) is 26.9. The van der Waals surface area contributed by atoms with Crippen molar-refractivity contribution in [2.24, 2.45) is 0 Å². The smallest absolute Gasteiger partial charge is 0.335 e. The van der Waals surface area contributed by atoms with Gasteiger partial charge in [0.25, 0.3) is 0 Å². The van der Waals surface area contributed by atoms with E-state index in [9.17, 15) is 19.1 Å². The van der Waals surface area contributed by atoms with Crippen LogP contribution in [0.2, 0.25) is 5.02 Å². The van der Waals surface area contributed by atoms with Crippen molar-refractivity contribution in [1.29, 1.82) is 0 Å². The Hall–Kier alpha value is -2.60. The monoisotopic (exact) mass is 362 g/mol. The molecular formula is C18H16ClFN2O3. The number of carbonyl (C=O) groups is 2. The van der Waals surface area contributed by atoms with Crippen molar-refractivity contribution in [2.75, 3.05) is 11.9 Å². The third-order valence-electron chi connectivity index (χ3n) is 4.51. The zero-order valence-electron chi connectivity index (χ0n) is 13.7. The number of carboxylic acid groups (broad SMARTS) is 1. The Morgan fingerprint density at radius 1 is 1.32 bits per heavy atom. The SMILES string of the molecule is C[C@H]1c2ccc(C(=O)O)cc2N(Cc2c(F)cccc2Cl)C(=O)N1C. The number of carboxylic acids is 1.